The molecule has 0 spiro atoms. The van der Waals surface area contributed by atoms with Crippen LogP contribution in [-0.4, -0.2) is 10.8 Å². The molecule has 0 bridgehead atoms. The first-order valence-electron chi connectivity index (χ1n) is 7.26. The van der Waals surface area contributed by atoms with E-state index in [0.29, 0.717) is 6.07 Å². The van der Waals surface area contributed by atoms with Crippen LogP contribution >= 0.6 is 0 Å². The summed E-state index contributed by atoms with van der Waals surface area (Å²) in [6.07, 6.45) is 0. The Morgan fingerprint density at radius 1 is 0.885 bits per heavy atom. The zero-order valence-electron chi connectivity index (χ0n) is 12.9. The number of nitrogen functional groups attached to an aromatic ring is 1. The fourth-order valence-corrected chi connectivity index (χ4v) is 2.49. The van der Waals surface area contributed by atoms with Crippen LogP contribution in [0.15, 0.2) is 47.3 Å². The van der Waals surface area contributed by atoms with Crippen molar-refractivity contribution in [1.82, 2.24) is 4.98 Å². The normalized spacial score (nSPS) is 10.8. The van der Waals surface area contributed by atoms with Crippen LogP contribution in [0.2, 0.25) is 0 Å². The van der Waals surface area contributed by atoms with Crippen molar-refractivity contribution in [2.45, 2.75) is 0 Å². The second-order valence-corrected chi connectivity index (χ2v) is 5.39. The smallest absolute Gasteiger partial charge is 0.257 e. The third-order valence-corrected chi connectivity index (χ3v) is 3.72. The van der Waals surface area contributed by atoms with Crippen molar-refractivity contribution in [3.8, 4) is 11.1 Å². The topological polar surface area (TPSA) is 76.0 Å². The van der Waals surface area contributed by atoms with E-state index >= 15 is 0 Å². The molecule has 1 heterocycles. The second kappa shape index (κ2) is 6.47. The minimum absolute atomic E-state index is 0.382. The Morgan fingerprint density at radius 3 is 2.15 bits per heavy atom. The molecule has 8 heteroatoms. The summed E-state index contributed by atoms with van der Waals surface area (Å²) in [6.45, 7) is 0. The third-order valence-electron chi connectivity index (χ3n) is 3.72. The summed E-state index contributed by atoms with van der Waals surface area (Å²) < 4.78 is 54.8. The fourth-order valence-electron chi connectivity index (χ4n) is 2.49. The average Bonchev–Trinajstić information content (AvgIpc) is 2.56. The number of H-pyrrole nitrogens is 1. The average molecular weight is 362 g/mol. The maximum atomic E-state index is 14.0. The van der Waals surface area contributed by atoms with Crippen molar-refractivity contribution in [1.29, 1.82) is 0 Å². The summed E-state index contributed by atoms with van der Waals surface area (Å²) in [5.74, 6) is -5.46. The van der Waals surface area contributed by atoms with Gasteiger partial charge in [0.15, 0.2) is 5.78 Å². The van der Waals surface area contributed by atoms with Gasteiger partial charge in [-0.25, -0.2) is 17.6 Å². The lowest BCUT2D eigenvalue weighted by molar-refractivity contribution is 0.103. The molecule has 3 N–H and O–H groups in total. The van der Waals surface area contributed by atoms with Gasteiger partial charge in [0.25, 0.3) is 5.56 Å². The van der Waals surface area contributed by atoms with E-state index in [1.807, 2.05) is 0 Å². The quantitative estimate of drug-likeness (QED) is 0.554. The molecule has 1 aromatic heterocycles. The second-order valence-electron chi connectivity index (χ2n) is 5.39. The Labute approximate surface area is 143 Å². The Kier molecular flexibility index (Phi) is 4.33. The number of nitrogens with two attached hydrogens (primary N) is 1. The monoisotopic (exact) mass is 362 g/mol. The van der Waals surface area contributed by atoms with E-state index in [2.05, 4.69) is 4.98 Å². The number of ketones is 1. The van der Waals surface area contributed by atoms with Gasteiger partial charge < -0.3 is 10.7 Å². The van der Waals surface area contributed by atoms with Gasteiger partial charge in [0.1, 0.15) is 29.1 Å². The van der Waals surface area contributed by atoms with E-state index < -0.39 is 57.1 Å². The lowest BCUT2D eigenvalue weighted by Crippen LogP contribution is -2.18. The lowest BCUT2D eigenvalue weighted by Gasteiger charge is -2.10. The lowest BCUT2D eigenvalue weighted by atomic mass is 9.98. The number of halogens is 4. The van der Waals surface area contributed by atoms with Gasteiger partial charge in [-0.15, -0.1) is 0 Å². The summed E-state index contributed by atoms with van der Waals surface area (Å²) in [6, 6.07) is 6.15. The number of pyridine rings is 1. The molecule has 3 aromatic rings. The minimum Gasteiger partial charge on any atom is -0.385 e. The van der Waals surface area contributed by atoms with Gasteiger partial charge in [0.2, 0.25) is 0 Å². The molecule has 0 aliphatic carbocycles. The summed E-state index contributed by atoms with van der Waals surface area (Å²) in [5.41, 5.74) is 2.65. The van der Waals surface area contributed by atoms with Crippen molar-refractivity contribution in [3.05, 3.63) is 87.2 Å². The van der Waals surface area contributed by atoms with Crippen LogP contribution in [-0.2, 0) is 0 Å². The molecule has 0 aliphatic rings. The third kappa shape index (κ3) is 2.97. The molecule has 132 valence electrons. The molecule has 0 fully saturated rings. The van der Waals surface area contributed by atoms with Crippen LogP contribution in [0.5, 0.6) is 0 Å². The summed E-state index contributed by atoms with van der Waals surface area (Å²) in [7, 11) is 0. The molecule has 4 nitrogen and oxygen atoms in total. The molecule has 2 aromatic carbocycles. The SMILES string of the molecule is Nc1[nH]c(=O)c(-c2c(F)cccc2F)cc1C(=O)c1ccc(F)cc1F. The van der Waals surface area contributed by atoms with Gasteiger partial charge in [0, 0.05) is 6.07 Å². The first-order valence-corrected chi connectivity index (χ1v) is 7.26. The molecule has 0 aliphatic heterocycles. The highest BCUT2D eigenvalue weighted by Gasteiger charge is 2.22. The number of anilines is 1. The molecule has 26 heavy (non-hydrogen) atoms. The number of hydrogen-bond acceptors (Lipinski definition) is 3. The Morgan fingerprint density at radius 2 is 1.54 bits per heavy atom. The van der Waals surface area contributed by atoms with Crippen LogP contribution in [0.3, 0.4) is 0 Å². The number of carbonyl (C=O) groups is 1. The zero-order valence-corrected chi connectivity index (χ0v) is 12.9. The van der Waals surface area contributed by atoms with Gasteiger partial charge in [-0.2, -0.15) is 0 Å². The minimum atomic E-state index is -1.14. The molecule has 0 saturated carbocycles. The molecular formula is C18H10F4N2O2. The van der Waals surface area contributed by atoms with Crippen molar-refractivity contribution in [2.24, 2.45) is 0 Å². The molecule has 0 saturated heterocycles. The standard InChI is InChI=1S/C18H10F4N2O2/c19-8-4-5-9(14(22)6-8)16(25)11-7-10(18(26)24-17(11)23)15-12(20)2-1-3-13(15)21/h1-7H,(H3,23,24,26). The largest absolute Gasteiger partial charge is 0.385 e. The highest BCUT2D eigenvalue weighted by atomic mass is 19.1. The van der Waals surface area contributed by atoms with Crippen LogP contribution in [0, 0.1) is 23.3 Å². The number of hydrogen-bond donors (Lipinski definition) is 2. The number of rotatable bonds is 3. The van der Waals surface area contributed by atoms with E-state index in [0.717, 1.165) is 36.4 Å². The predicted molar refractivity (Wildman–Crippen MR) is 86.6 cm³/mol. The summed E-state index contributed by atoms with van der Waals surface area (Å²) in [4.78, 5) is 26.7. The van der Waals surface area contributed by atoms with Gasteiger partial charge in [0.05, 0.1) is 22.3 Å². The van der Waals surface area contributed by atoms with Crippen molar-refractivity contribution in [3.63, 3.8) is 0 Å². The summed E-state index contributed by atoms with van der Waals surface area (Å²) >= 11 is 0. The van der Waals surface area contributed by atoms with Crippen molar-refractivity contribution < 1.29 is 22.4 Å². The fraction of sp³-hybridized carbons (Fsp3) is 0. The van der Waals surface area contributed by atoms with E-state index in [9.17, 15) is 27.2 Å². The van der Waals surface area contributed by atoms with Gasteiger partial charge in [-0.1, -0.05) is 6.07 Å². The maximum absolute atomic E-state index is 14.0. The van der Waals surface area contributed by atoms with Crippen LogP contribution in [0.1, 0.15) is 15.9 Å². The Balaban J connectivity index is 2.21. The number of benzene rings is 2. The van der Waals surface area contributed by atoms with E-state index in [-0.39, 0.29) is 5.56 Å². The van der Waals surface area contributed by atoms with Gasteiger partial charge in [-0.3, -0.25) is 9.59 Å². The van der Waals surface area contributed by atoms with Crippen molar-refractivity contribution >= 4 is 11.6 Å². The first kappa shape index (κ1) is 17.4. The Bertz CT molecular complexity index is 1070. The zero-order chi connectivity index (χ0) is 19.0. The van der Waals surface area contributed by atoms with E-state index in [4.69, 9.17) is 5.73 Å². The molecular weight excluding hydrogens is 352 g/mol. The highest BCUT2D eigenvalue weighted by molar-refractivity contribution is 6.12. The van der Waals surface area contributed by atoms with Crippen molar-refractivity contribution in [2.75, 3.05) is 5.73 Å². The maximum Gasteiger partial charge on any atom is 0.257 e. The molecule has 0 atom stereocenters. The molecule has 0 unspecified atom stereocenters. The number of nitrogens with one attached hydrogen (secondary N) is 1. The highest BCUT2D eigenvalue weighted by Crippen LogP contribution is 2.26. The van der Waals surface area contributed by atoms with Gasteiger partial charge in [-0.05, 0) is 30.3 Å². The summed E-state index contributed by atoms with van der Waals surface area (Å²) in [5, 5.41) is 0. The van der Waals surface area contributed by atoms with E-state index in [1.165, 1.54) is 0 Å². The molecule has 0 amide bonds. The van der Waals surface area contributed by atoms with Gasteiger partial charge >= 0.3 is 0 Å². The van der Waals surface area contributed by atoms with Crippen LogP contribution in [0.25, 0.3) is 11.1 Å². The van der Waals surface area contributed by atoms with Crippen LogP contribution < -0.4 is 11.3 Å². The predicted octanol–water partition coefficient (Wildman–Crippen LogP) is 3.41. The first-order chi connectivity index (χ1) is 12.3. The number of aromatic nitrogens is 1. The number of carbonyl (C=O) groups excluding carboxylic acids is 1. The van der Waals surface area contributed by atoms with E-state index in [1.54, 1.807) is 0 Å². The Hall–Kier alpha value is -3.42. The number of aromatic amines is 1. The van der Waals surface area contributed by atoms with Crippen LogP contribution in [0.4, 0.5) is 23.4 Å². The molecule has 3 rings (SSSR count). The molecule has 0 radical (unpaired) electrons.